The first-order valence-electron chi connectivity index (χ1n) is 6.18. The minimum Gasteiger partial charge on any atom is -0.478 e. The number of carboxylic acid groups (broad SMARTS) is 1. The van der Waals surface area contributed by atoms with Gasteiger partial charge in [0.25, 0.3) is 0 Å². The Bertz CT molecular complexity index is 394. The Morgan fingerprint density at radius 3 is 2.76 bits per heavy atom. The molecule has 0 bridgehead atoms. The van der Waals surface area contributed by atoms with Crippen molar-refractivity contribution in [2.45, 2.75) is 39.0 Å². The molecule has 1 aromatic carbocycles. The van der Waals surface area contributed by atoms with Crippen LogP contribution in [0.1, 0.15) is 50.2 Å². The van der Waals surface area contributed by atoms with Crippen LogP contribution in [-0.4, -0.2) is 11.1 Å². The highest BCUT2D eigenvalue weighted by Gasteiger charge is 2.07. The average molecular weight is 232 g/mol. The predicted molar refractivity (Wildman–Crippen MR) is 71.1 cm³/mol. The fourth-order valence-corrected chi connectivity index (χ4v) is 2.04. The molecule has 0 fully saturated rings. The Morgan fingerprint density at radius 1 is 1.41 bits per heavy atom. The van der Waals surface area contributed by atoms with Crippen LogP contribution in [0.4, 0.5) is 0 Å². The van der Waals surface area contributed by atoms with Gasteiger partial charge < -0.3 is 5.11 Å². The van der Waals surface area contributed by atoms with Crippen molar-refractivity contribution in [1.29, 1.82) is 0 Å². The molecule has 0 aliphatic carbocycles. The Morgan fingerprint density at radius 2 is 2.18 bits per heavy atom. The summed E-state index contributed by atoms with van der Waals surface area (Å²) in [6.45, 7) is 4.39. The van der Waals surface area contributed by atoms with E-state index in [9.17, 15) is 4.79 Å². The van der Waals surface area contributed by atoms with Crippen LogP contribution in [0, 0.1) is 0 Å². The largest absolute Gasteiger partial charge is 0.478 e. The molecule has 1 unspecified atom stereocenters. The van der Waals surface area contributed by atoms with Crippen molar-refractivity contribution in [2.24, 2.45) is 0 Å². The van der Waals surface area contributed by atoms with Gasteiger partial charge in [0, 0.05) is 6.08 Å². The standard InChI is InChI=1S/C15H20O2/c1-3-6-13(4-2)14-8-5-7-12(11-14)9-10-15(16)17/h5,7-11,13H,3-4,6H2,1-2H3,(H,16,17)/b10-9+. The second-order valence-electron chi connectivity index (χ2n) is 4.24. The summed E-state index contributed by atoms with van der Waals surface area (Å²) < 4.78 is 0. The third-order valence-corrected chi connectivity index (χ3v) is 2.93. The van der Waals surface area contributed by atoms with Gasteiger partial charge in [-0.05, 0) is 36.0 Å². The summed E-state index contributed by atoms with van der Waals surface area (Å²) in [5.74, 6) is -0.325. The van der Waals surface area contributed by atoms with Gasteiger partial charge in [-0.2, -0.15) is 0 Å². The van der Waals surface area contributed by atoms with E-state index >= 15 is 0 Å². The highest BCUT2D eigenvalue weighted by atomic mass is 16.4. The Hall–Kier alpha value is -1.57. The maximum absolute atomic E-state index is 10.5. The van der Waals surface area contributed by atoms with E-state index in [0.29, 0.717) is 5.92 Å². The van der Waals surface area contributed by atoms with Crippen molar-refractivity contribution >= 4 is 12.0 Å². The summed E-state index contributed by atoms with van der Waals surface area (Å²) >= 11 is 0. The lowest BCUT2D eigenvalue weighted by Gasteiger charge is -2.14. The van der Waals surface area contributed by atoms with Gasteiger partial charge in [0.05, 0.1) is 0 Å². The van der Waals surface area contributed by atoms with Gasteiger partial charge in [0.1, 0.15) is 0 Å². The van der Waals surface area contributed by atoms with E-state index in [2.05, 4.69) is 26.0 Å². The van der Waals surface area contributed by atoms with Crippen LogP contribution < -0.4 is 0 Å². The molecule has 0 heterocycles. The first-order valence-corrected chi connectivity index (χ1v) is 6.18. The van der Waals surface area contributed by atoms with Crippen LogP contribution in [0.3, 0.4) is 0 Å². The lowest BCUT2D eigenvalue weighted by Crippen LogP contribution is -1.97. The molecular formula is C15H20O2. The van der Waals surface area contributed by atoms with Crippen LogP contribution in [0.5, 0.6) is 0 Å². The zero-order valence-electron chi connectivity index (χ0n) is 10.5. The second-order valence-corrected chi connectivity index (χ2v) is 4.24. The number of hydrogen-bond donors (Lipinski definition) is 1. The minimum absolute atomic E-state index is 0.582. The first kappa shape index (κ1) is 13.5. The molecule has 0 amide bonds. The van der Waals surface area contributed by atoms with Crippen molar-refractivity contribution in [2.75, 3.05) is 0 Å². The van der Waals surface area contributed by atoms with Gasteiger partial charge in [-0.1, -0.05) is 44.5 Å². The molecule has 0 saturated heterocycles. The number of carboxylic acids is 1. The molecule has 0 aliphatic rings. The van der Waals surface area contributed by atoms with Crippen molar-refractivity contribution in [1.82, 2.24) is 0 Å². The van der Waals surface area contributed by atoms with E-state index < -0.39 is 5.97 Å². The van der Waals surface area contributed by atoms with Gasteiger partial charge >= 0.3 is 5.97 Å². The van der Waals surface area contributed by atoms with Gasteiger partial charge in [-0.3, -0.25) is 0 Å². The molecule has 0 radical (unpaired) electrons. The summed E-state index contributed by atoms with van der Waals surface area (Å²) in [6.07, 6.45) is 6.31. The molecule has 0 aromatic heterocycles. The average Bonchev–Trinajstić information content (AvgIpc) is 2.34. The Kier molecular flexibility index (Phi) is 5.47. The second kappa shape index (κ2) is 6.89. The van der Waals surface area contributed by atoms with Crippen molar-refractivity contribution in [3.63, 3.8) is 0 Å². The fraction of sp³-hybridized carbons (Fsp3) is 0.400. The van der Waals surface area contributed by atoms with Crippen LogP contribution in [0.2, 0.25) is 0 Å². The molecular weight excluding hydrogens is 212 g/mol. The smallest absolute Gasteiger partial charge is 0.328 e. The van der Waals surface area contributed by atoms with Crippen LogP contribution in [-0.2, 0) is 4.79 Å². The highest BCUT2D eigenvalue weighted by Crippen LogP contribution is 2.25. The predicted octanol–water partition coefficient (Wildman–Crippen LogP) is 4.08. The number of aliphatic carboxylic acids is 1. The van der Waals surface area contributed by atoms with Crippen LogP contribution in [0.15, 0.2) is 30.3 Å². The molecule has 2 heteroatoms. The van der Waals surface area contributed by atoms with Crippen molar-refractivity contribution < 1.29 is 9.90 Å². The Labute approximate surface area is 103 Å². The van der Waals surface area contributed by atoms with E-state index in [0.717, 1.165) is 12.0 Å². The third kappa shape index (κ3) is 4.43. The monoisotopic (exact) mass is 232 g/mol. The zero-order valence-corrected chi connectivity index (χ0v) is 10.5. The lowest BCUT2D eigenvalue weighted by molar-refractivity contribution is -0.131. The van der Waals surface area contributed by atoms with E-state index in [-0.39, 0.29) is 0 Å². The summed E-state index contributed by atoms with van der Waals surface area (Å²) in [7, 11) is 0. The number of benzene rings is 1. The molecule has 2 nitrogen and oxygen atoms in total. The lowest BCUT2D eigenvalue weighted by atomic mass is 9.91. The van der Waals surface area contributed by atoms with Crippen molar-refractivity contribution in [3.8, 4) is 0 Å². The van der Waals surface area contributed by atoms with Gasteiger partial charge in [0.2, 0.25) is 0 Å². The van der Waals surface area contributed by atoms with E-state index in [1.807, 2.05) is 12.1 Å². The highest BCUT2D eigenvalue weighted by molar-refractivity contribution is 5.85. The fourth-order valence-electron chi connectivity index (χ4n) is 2.04. The van der Waals surface area contributed by atoms with Gasteiger partial charge in [0.15, 0.2) is 0 Å². The summed E-state index contributed by atoms with van der Waals surface area (Å²) in [5.41, 5.74) is 2.27. The third-order valence-electron chi connectivity index (χ3n) is 2.93. The maximum Gasteiger partial charge on any atom is 0.328 e. The SMILES string of the molecule is CCCC(CC)c1cccc(/C=C/C(=O)O)c1. The zero-order chi connectivity index (χ0) is 12.7. The molecule has 1 N–H and O–H groups in total. The number of rotatable bonds is 6. The van der Waals surface area contributed by atoms with Crippen molar-refractivity contribution in [3.05, 3.63) is 41.5 Å². The summed E-state index contributed by atoms with van der Waals surface area (Å²) in [6, 6.07) is 8.14. The Balaban J connectivity index is 2.87. The number of hydrogen-bond acceptors (Lipinski definition) is 1. The van der Waals surface area contributed by atoms with Gasteiger partial charge in [-0.25, -0.2) is 4.79 Å². The summed E-state index contributed by atoms with van der Waals surface area (Å²) in [4.78, 5) is 10.5. The molecule has 1 rings (SSSR count). The van der Waals surface area contributed by atoms with Gasteiger partial charge in [-0.15, -0.1) is 0 Å². The van der Waals surface area contributed by atoms with E-state index in [4.69, 9.17) is 5.11 Å². The topological polar surface area (TPSA) is 37.3 Å². The summed E-state index contributed by atoms with van der Waals surface area (Å²) in [5, 5.41) is 8.60. The molecule has 92 valence electrons. The minimum atomic E-state index is -0.906. The van der Waals surface area contributed by atoms with E-state index in [1.165, 1.54) is 24.5 Å². The quantitative estimate of drug-likeness (QED) is 0.750. The number of carbonyl (C=O) groups is 1. The van der Waals surface area contributed by atoms with Crippen LogP contribution in [0.25, 0.3) is 6.08 Å². The normalized spacial score (nSPS) is 12.8. The molecule has 1 atom stereocenters. The molecule has 1 aromatic rings. The first-order chi connectivity index (χ1) is 8.17. The molecule has 0 aliphatic heterocycles. The maximum atomic E-state index is 10.5. The van der Waals surface area contributed by atoms with Crippen LogP contribution >= 0.6 is 0 Å². The van der Waals surface area contributed by atoms with E-state index in [1.54, 1.807) is 6.08 Å². The molecule has 0 saturated carbocycles. The molecule has 17 heavy (non-hydrogen) atoms. The molecule has 0 spiro atoms.